The molecular weight excluding hydrogens is 444 g/mol. The van der Waals surface area contributed by atoms with Crippen LogP contribution in [0.2, 0.25) is 0 Å². The van der Waals surface area contributed by atoms with E-state index in [-0.39, 0.29) is 15.9 Å². The number of pyridine rings is 1. The number of H-pyrrole nitrogens is 1. The first-order valence-electron chi connectivity index (χ1n) is 10.3. The summed E-state index contributed by atoms with van der Waals surface area (Å²) in [6.45, 7) is 6.61. The highest BCUT2D eigenvalue weighted by Crippen LogP contribution is 2.40. The maximum atomic E-state index is 12.7. The van der Waals surface area contributed by atoms with Gasteiger partial charge >= 0.3 is 0 Å². The van der Waals surface area contributed by atoms with E-state index in [9.17, 15) is 13.2 Å². The monoisotopic (exact) mass is 470 g/mol. The number of nitrogens with one attached hydrogen (secondary N) is 2. The molecule has 0 amide bonds. The second kappa shape index (κ2) is 8.35. The Morgan fingerprint density at radius 1 is 1.06 bits per heavy atom. The average molecular weight is 471 g/mol. The minimum atomic E-state index is -3.60. The number of aromatic nitrogens is 1. The van der Waals surface area contributed by atoms with E-state index < -0.39 is 10.0 Å². The summed E-state index contributed by atoms with van der Waals surface area (Å²) < 4.78 is 34.4. The Morgan fingerprint density at radius 3 is 2.44 bits per heavy atom. The van der Waals surface area contributed by atoms with Gasteiger partial charge in [-0.2, -0.15) is 0 Å². The van der Waals surface area contributed by atoms with Crippen molar-refractivity contribution >= 4 is 42.3 Å². The number of benzene rings is 2. The molecule has 2 aromatic carbocycles. The zero-order valence-electron chi connectivity index (χ0n) is 18.5. The molecule has 0 aliphatic carbocycles. The van der Waals surface area contributed by atoms with Crippen molar-refractivity contribution in [1.82, 2.24) is 9.71 Å². The average Bonchev–Trinajstić information content (AvgIpc) is 3.23. The Kier molecular flexibility index (Phi) is 5.87. The number of rotatable bonds is 6. The molecule has 2 heterocycles. The summed E-state index contributed by atoms with van der Waals surface area (Å²) in [7, 11) is -2.00. The van der Waals surface area contributed by atoms with Crippen molar-refractivity contribution in [2.45, 2.75) is 32.1 Å². The van der Waals surface area contributed by atoms with Crippen molar-refractivity contribution < 1.29 is 13.2 Å². The molecular formula is C24H26N2O4S2. The molecule has 0 saturated heterocycles. The number of hydrogen-bond acceptors (Lipinski definition) is 5. The highest BCUT2D eigenvalue weighted by molar-refractivity contribution is 7.89. The number of ether oxygens (including phenoxy) is 1. The third kappa shape index (κ3) is 4.30. The Hall–Kier alpha value is -2.68. The van der Waals surface area contributed by atoms with Crippen LogP contribution >= 0.6 is 11.3 Å². The zero-order chi connectivity index (χ0) is 23.1. The highest BCUT2D eigenvalue weighted by Gasteiger charge is 2.19. The first-order chi connectivity index (χ1) is 15.1. The van der Waals surface area contributed by atoms with E-state index in [0.29, 0.717) is 22.5 Å². The quantitative estimate of drug-likeness (QED) is 0.409. The molecule has 0 fully saturated rings. The van der Waals surface area contributed by atoms with Crippen LogP contribution in [0.5, 0.6) is 5.75 Å². The van der Waals surface area contributed by atoms with Crippen molar-refractivity contribution in [1.29, 1.82) is 0 Å². The van der Waals surface area contributed by atoms with Gasteiger partial charge in [0.1, 0.15) is 10.4 Å². The Balaban J connectivity index is 1.78. The number of aromatic amines is 1. The number of fused-ring (bicyclic) bond motifs is 3. The van der Waals surface area contributed by atoms with Gasteiger partial charge in [-0.25, -0.2) is 13.1 Å². The third-order valence-corrected chi connectivity index (χ3v) is 7.79. The number of hydrogen-bond donors (Lipinski definition) is 2. The van der Waals surface area contributed by atoms with Crippen LogP contribution in [0.3, 0.4) is 0 Å². The molecule has 0 aliphatic rings. The third-order valence-electron chi connectivity index (χ3n) is 5.40. The molecule has 0 radical (unpaired) electrons. The number of methoxy groups -OCH3 is 1. The van der Waals surface area contributed by atoms with Crippen molar-refractivity contribution in [3.8, 4) is 16.9 Å². The molecule has 4 aromatic rings. The fraction of sp³-hybridized carbons (Fsp3) is 0.292. The van der Waals surface area contributed by atoms with E-state index >= 15 is 0 Å². The van der Waals surface area contributed by atoms with Gasteiger partial charge < -0.3 is 9.72 Å². The second-order valence-electron chi connectivity index (χ2n) is 8.92. The molecule has 0 saturated carbocycles. The highest BCUT2D eigenvalue weighted by atomic mass is 32.2. The lowest BCUT2D eigenvalue weighted by Crippen LogP contribution is -2.27. The topological polar surface area (TPSA) is 88.3 Å². The molecule has 0 aliphatic heterocycles. The molecule has 0 unspecified atom stereocenters. The zero-order valence-corrected chi connectivity index (χ0v) is 20.1. The lowest BCUT2D eigenvalue weighted by molar-refractivity contribution is 0.378. The van der Waals surface area contributed by atoms with Crippen molar-refractivity contribution in [2.24, 2.45) is 5.41 Å². The van der Waals surface area contributed by atoms with Crippen LogP contribution in [0.1, 0.15) is 27.2 Å². The molecule has 32 heavy (non-hydrogen) atoms. The maximum absolute atomic E-state index is 12.7. The normalized spacial score (nSPS) is 12.5. The van der Waals surface area contributed by atoms with E-state index in [4.69, 9.17) is 4.74 Å². The first kappa shape index (κ1) is 22.5. The van der Waals surface area contributed by atoms with E-state index in [0.717, 1.165) is 28.3 Å². The SMILES string of the molecule is COc1ccc2[nH]c(=O)c3sccc3c2c1-c1ccc(S(=O)(=O)NCCC(C)(C)C)cc1. The van der Waals surface area contributed by atoms with Gasteiger partial charge in [0, 0.05) is 28.4 Å². The molecule has 6 nitrogen and oxygen atoms in total. The lowest BCUT2D eigenvalue weighted by atomic mass is 9.93. The van der Waals surface area contributed by atoms with Gasteiger partial charge in [0.25, 0.3) is 5.56 Å². The summed E-state index contributed by atoms with van der Waals surface area (Å²) in [4.78, 5) is 15.6. The van der Waals surface area contributed by atoms with Crippen LogP contribution in [0.25, 0.3) is 32.1 Å². The predicted octanol–water partition coefficient (Wildman–Crippen LogP) is 5.13. The Morgan fingerprint density at radius 2 is 1.78 bits per heavy atom. The van der Waals surface area contributed by atoms with Gasteiger partial charge in [-0.1, -0.05) is 32.9 Å². The lowest BCUT2D eigenvalue weighted by Gasteiger charge is -2.18. The molecule has 8 heteroatoms. The summed E-state index contributed by atoms with van der Waals surface area (Å²) in [5.74, 6) is 0.649. The van der Waals surface area contributed by atoms with E-state index in [1.807, 2.05) is 23.6 Å². The standard InChI is InChI=1S/C24H26N2O4S2/c1-24(2,3)12-13-25-32(28,29)16-7-5-15(6-8-16)20-19(30-4)10-9-18-21(20)17-11-14-31-22(17)23(27)26-18/h5-11,14,25H,12-13H2,1-4H3,(H,26,27). The molecule has 2 aromatic heterocycles. The molecule has 0 spiro atoms. The molecule has 168 valence electrons. The minimum Gasteiger partial charge on any atom is -0.496 e. The Labute approximate surface area is 191 Å². The van der Waals surface area contributed by atoms with Gasteiger partial charge in [0.2, 0.25) is 10.0 Å². The van der Waals surface area contributed by atoms with Gasteiger partial charge in [-0.15, -0.1) is 11.3 Å². The fourth-order valence-corrected chi connectivity index (χ4v) is 5.56. The summed E-state index contributed by atoms with van der Waals surface area (Å²) in [6.07, 6.45) is 0.742. The van der Waals surface area contributed by atoms with E-state index in [1.165, 1.54) is 11.3 Å². The summed E-state index contributed by atoms with van der Waals surface area (Å²) in [5, 5.41) is 3.61. The van der Waals surface area contributed by atoms with Crippen LogP contribution in [-0.2, 0) is 10.0 Å². The molecule has 2 N–H and O–H groups in total. The molecule has 0 atom stereocenters. The van der Waals surface area contributed by atoms with Crippen molar-refractivity contribution in [3.05, 3.63) is 58.2 Å². The van der Waals surface area contributed by atoms with Crippen molar-refractivity contribution in [3.63, 3.8) is 0 Å². The molecule has 0 bridgehead atoms. The second-order valence-corrected chi connectivity index (χ2v) is 11.6. The van der Waals surface area contributed by atoms with Gasteiger partial charge in [-0.05, 0) is 53.1 Å². The maximum Gasteiger partial charge on any atom is 0.266 e. The fourth-order valence-electron chi connectivity index (χ4n) is 3.73. The summed E-state index contributed by atoms with van der Waals surface area (Å²) in [6, 6.07) is 12.3. The van der Waals surface area contributed by atoms with Crippen LogP contribution < -0.4 is 15.0 Å². The summed E-state index contributed by atoms with van der Waals surface area (Å²) >= 11 is 1.39. The van der Waals surface area contributed by atoms with Gasteiger partial charge in [0.05, 0.1) is 12.0 Å². The number of sulfonamides is 1. The van der Waals surface area contributed by atoms with Crippen LogP contribution in [0, 0.1) is 5.41 Å². The predicted molar refractivity (Wildman–Crippen MR) is 131 cm³/mol. The van der Waals surface area contributed by atoms with Crippen LogP contribution in [0.15, 0.2) is 57.5 Å². The smallest absolute Gasteiger partial charge is 0.266 e. The first-order valence-corrected chi connectivity index (χ1v) is 12.7. The minimum absolute atomic E-state index is 0.0469. The van der Waals surface area contributed by atoms with Crippen LogP contribution in [-0.4, -0.2) is 27.1 Å². The van der Waals surface area contributed by atoms with E-state index in [2.05, 4.69) is 30.5 Å². The molecule has 4 rings (SSSR count). The Bertz CT molecular complexity index is 1440. The summed E-state index contributed by atoms with van der Waals surface area (Å²) in [5.41, 5.74) is 2.25. The van der Waals surface area contributed by atoms with Crippen molar-refractivity contribution in [2.75, 3.05) is 13.7 Å². The van der Waals surface area contributed by atoms with Gasteiger partial charge in [0.15, 0.2) is 0 Å². The number of thiophene rings is 1. The van der Waals surface area contributed by atoms with E-state index in [1.54, 1.807) is 31.4 Å². The van der Waals surface area contributed by atoms with Crippen LogP contribution in [0.4, 0.5) is 0 Å². The largest absolute Gasteiger partial charge is 0.496 e. The van der Waals surface area contributed by atoms with Gasteiger partial charge in [-0.3, -0.25) is 4.79 Å².